The van der Waals surface area contributed by atoms with Crippen molar-refractivity contribution in [3.8, 4) is 0 Å². The predicted molar refractivity (Wildman–Crippen MR) is 47.3 cm³/mol. The first-order valence-corrected chi connectivity index (χ1v) is 3.78. The van der Waals surface area contributed by atoms with E-state index in [0.29, 0.717) is 5.76 Å². The van der Waals surface area contributed by atoms with Crippen molar-refractivity contribution in [2.75, 3.05) is 0 Å². The number of rotatable bonds is 1. The van der Waals surface area contributed by atoms with E-state index in [-0.39, 0.29) is 5.84 Å². The van der Waals surface area contributed by atoms with Crippen molar-refractivity contribution in [3.63, 3.8) is 0 Å². The van der Waals surface area contributed by atoms with Crippen molar-refractivity contribution in [3.05, 3.63) is 23.7 Å². The van der Waals surface area contributed by atoms with Crippen LogP contribution in [0.1, 0.15) is 25.4 Å². The van der Waals surface area contributed by atoms with Crippen LogP contribution < -0.4 is 5.73 Å². The Kier molecular flexibility index (Phi) is 4.60. The minimum Gasteiger partial charge on any atom is -0.458 e. The van der Waals surface area contributed by atoms with E-state index in [9.17, 15) is 0 Å². The molecule has 0 unspecified atom stereocenters. The molecule has 0 saturated carbocycles. The molecule has 1 heterocycles. The first-order chi connectivity index (χ1) is 5.74. The van der Waals surface area contributed by atoms with Crippen molar-refractivity contribution < 1.29 is 9.62 Å². The summed E-state index contributed by atoms with van der Waals surface area (Å²) in [6.07, 6.45) is 0. The topological polar surface area (TPSA) is 71.8 Å². The third-order valence-electron chi connectivity index (χ3n) is 1.10. The van der Waals surface area contributed by atoms with E-state index >= 15 is 0 Å². The van der Waals surface area contributed by atoms with E-state index in [4.69, 9.17) is 15.4 Å². The van der Waals surface area contributed by atoms with Gasteiger partial charge < -0.3 is 15.4 Å². The fraction of sp³-hybridized carbons (Fsp3) is 0.375. The fourth-order valence-electron chi connectivity index (χ4n) is 0.621. The first kappa shape index (κ1) is 10.6. The Bertz CT molecular complexity index is 253. The van der Waals surface area contributed by atoms with E-state index in [1.54, 1.807) is 19.1 Å². The van der Waals surface area contributed by atoms with Crippen LogP contribution >= 0.6 is 0 Å². The second-order valence-electron chi connectivity index (χ2n) is 1.90. The van der Waals surface area contributed by atoms with E-state index < -0.39 is 0 Å². The Morgan fingerprint density at radius 3 is 2.42 bits per heavy atom. The number of nitrogens with zero attached hydrogens (tertiary/aromatic N) is 1. The van der Waals surface area contributed by atoms with Crippen LogP contribution in [-0.4, -0.2) is 11.0 Å². The summed E-state index contributed by atoms with van der Waals surface area (Å²) in [7, 11) is 0. The van der Waals surface area contributed by atoms with Crippen molar-refractivity contribution in [2.24, 2.45) is 10.9 Å². The quantitative estimate of drug-likeness (QED) is 0.291. The highest BCUT2D eigenvalue weighted by molar-refractivity contribution is 5.94. The zero-order valence-corrected chi connectivity index (χ0v) is 7.53. The van der Waals surface area contributed by atoms with Gasteiger partial charge in [-0.05, 0) is 19.1 Å². The van der Waals surface area contributed by atoms with Crippen molar-refractivity contribution in [2.45, 2.75) is 20.8 Å². The number of furan rings is 1. The van der Waals surface area contributed by atoms with Gasteiger partial charge in [0.2, 0.25) is 5.84 Å². The van der Waals surface area contributed by atoms with Gasteiger partial charge in [0, 0.05) is 0 Å². The number of oxime groups is 1. The average Bonchev–Trinajstić information content (AvgIpc) is 2.54. The highest BCUT2D eigenvalue weighted by Crippen LogP contribution is 2.04. The van der Waals surface area contributed by atoms with Gasteiger partial charge in [-0.15, -0.1) is 0 Å². The molecule has 4 heteroatoms. The molecule has 3 N–H and O–H groups in total. The number of amidine groups is 1. The second-order valence-corrected chi connectivity index (χ2v) is 1.90. The molecular weight excluding hydrogens is 156 g/mol. The van der Waals surface area contributed by atoms with Gasteiger partial charge in [-0.25, -0.2) is 0 Å². The normalized spacial score (nSPS) is 10.4. The minimum absolute atomic E-state index is 0.00639. The lowest BCUT2D eigenvalue weighted by Crippen LogP contribution is -2.11. The van der Waals surface area contributed by atoms with Gasteiger partial charge in [0.15, 0.2) is 5.76 Å². The summed E-state index contributed by atoms with van der Waals surface area (Å²) in [4.78, 5) is 0. The highest BCUT2D eigenvalue weighted by Gasteiger charge is 2.01. The summed E-state index contributed by atoms with van der Waals surface area (Å²) in [6.45, 7) is 5.79. The molecule has 12 heavy (non-hydrogen) atoms. The Balaban J connectivity index is 0.000000561. The summed E-state index contributed by atoms with van der Waals surface area (Å²) in [5.74, 6) is 1.12. The lowest BCUT2D eigenvalue weighted by molar-refractivity contribution is 0.317. The van der Waals surface area contributed by atoms with Crippen LogP contribution in [0.25, 0.3) is 0 Å². The zero-order chi connectivity index (χ0) is 9.56. The van der Waals surface area contributed by atoms with Gasteiger partial charge in [-0.3, -0.25) is 0 Å². The lowest BCUT2D eigenvalue weighted by atomic mass is 10.4. The van der Waals surface area contributed by atoms with Crippen LogP contribution in [0.15, 0.2) is 21.7 Å². The first-order valence-electron chi connectivity index (χ1n) is 3.78. The van der Waals surface area contributed by atoms with Crippen LogP contribution in [0.4, 0.5) is 0 Å². The summed E-state index contributed by atoms with van der Waals surface area (Å²) in [6, 6.07) is 3.39. The highest BCUT2D eigenvalue weighted by atomic mass is 16.4. The summed E-state index contributed by atoms with van der Waals surface area (Å²) < 4.78 is 5.02. The fourth-order valence-corrected chi connectivity index (χ4v) is 0.621. The monoisotopic (exact) mass is 170 g/mol. The Morgan fingerprint density at radius 2 is 2.08 bits per heavy atom. The van der Waals surface area contributed by atoms with Gasteiger partial charge in [0.1, 0.15) is 5.76 Å². The van der Waals surface area contributed by atoms with Gasteiger partial charge in [0.25, 0.3) is 0 Å². The third kappa shape index (κ3) is 2.65. The Morgan fingerprint density at radius 1 is 1.50 bits per heavy atom. The van der Waals surface area contributed by atoms with Crippen molar-refractivity contribution in [1.82, 2.24) is 0 Å². The molecule has 68 valence electrons. The SMILES string of the molecule is CC.Cc1ccc(/C(N)=N/O)o1. The van der Waals surface area contributed by atoms with Crippen molar-refractivity contribution >= 4 is 5.84 Å². The zero-order valence-electron chi connectivity index (χ0n) is 7.53. The third-order valence-corrected chi connectivity index (χ3v) is 1.10. The molecule has 0 aliphatic heterocycles. The van der Waals surface area contributed by atoms with Gasteiger partial charge in [-0.2, -0.15) is 0 Å². The maximum atomic E-state index is 8.20. The molecular formula is C8H14N2O2. The molecule has 1 aromatic rings. The van der Waals surface area contributed by atoms with E-state index in [1.165, 1.54) is 0 Å². The maximum Gasteiger partial charge on any atom is 0.205 e. The molecule has 1 aromatic heterocycles. The number of nitrogens with two attached hydrogens (primary N) is 1. The van der Waals surface area contributed by atoms with Crippen LogP contribution in [0.5, 0.6) is 0 Å². The molecule has 0 bridgehead atoms. The predicted octanol–water partition coefficient (Wildman–Crippen LogP) is 1.71. The van der Waals surface area contributed by atoms with Crippen LogP contribution in [-0.2, 0) is 0 Å². The average molecular weight is 170 g/mol. The van der Waals surface area contributed by atoms with Crippen molar-refractivity contribution in [1.29, 1.82) is 0 Å². The smallest absolute Gasteiger partial charge is 0.205 e. The summed E-state index contributed by atoms with van der Waals surface area (Å²) in [5.41, 5.74) is 5.21. The Labute approximate surface area is 71.7 Å². The lowest BCUT2D eigenvalue weighted by Gasteiger charge is -1.88. The summed E-state index contributed by atoms with van der Waals surface area (Å²) >= 11 is 0. The second kappa shape index (κ2) is 5.23. The van der Waals surface area contributed by atoms with E-state index in [0.717, 1.165) is 5.76 Å². The maximum absolute atomic E-state index is 8.20. The molecule has 0 spiro atoms. The summed E-state index contributed by atoms with van der Waals surface area (Å²) in [5, 5.41) is 11.0. The number of aryl methyl sites for hydroxylation is 1. The molecule has 0 aliphatic carbocycles. The van der Waals surface area contributed by atoms with Crippen LogP contribution in [0, 0.1) is 6.92 Å². The molecule has 1 rings (SSSR count). The van der Waals surface area contributed by atoms with Crippen LogP contribution in [0.2, 0.25) is 0 Å². The molecule has 0 atom stereocenters. The molecule has 4 nitrogen and oxygen atoms in total. The number of hydrogen-bond donors (Lipinski definition) is 2. The van der Waals surface area contributed by atoms with Gasteiger partial charge in [0.05, 0.1) is 0 Å². The molecule has 0 fully saturated rings. The molecule has 0 saturated heterocycles. The van der Waals surface area contributed by atoms with Gasteiger partial charge in [-0.1, -0.05) is 19.0 Å². The molecule has 0 aliphatic rings. The van der Waals surface area contributed by atoms with E-state index in [2.05, 4.69) is 5.16 Å². The minimum atomic E-state index is -0.00639. The largest absolute Gasteiger partial charge is 0.458 e. The molecule has 0 radical (unpaired) electrons. The van der Waals surface area contributed by atoms with Gasteiger partial charge >= 0.3 is 0 Å². The van der Waals surface area contributed by atoms with E-state index in [1.807, 2.05) is 13.8 Å². The number of hydrogen-bond acceptors (Lipinski definition) is 3. The van der Waals surface area contributed by atoms with Crippen LogP contribution in [0.3, 0.4) is 0 Å². The molecule has 0 aromatic carbocycles. The Hall–Kier alpha value is -1.45. The molecule has 0 amide bonds. The standard InChI is InChI=1S/C6H8N2O2.C2H6/c1-4-2-3-5(10-4)6(7)8-9;1-2/h2-3,9H,1H3,(H2,7,8);1-2H3.